The van der Waals surface area contributed by atoms with Crippen LogP contribution in [0.1, 0.15) is 37.9 Å². The third-order valence-electron chi connectivity index (χ3n) is 2.97. The van der Waals surface area contributed by atoms with Crippen molar-refractivity contribution in [2.45, 2.75) is 38.3 Å². The Bertz CT molecular complexity index is 458. The van der Waals surface area contributed by atoms with Crippen LogP contribution in [0, 0.1) is 0 Å². The molecular formula is C14H18ClNO3. The quantitative estimate of drug-likeness (QED) is 0.843. The SMILES string of the molecule is CC(O)c1ccc(OCCC(=O)NC2CC2)c(Cl)c1. The molecule has 0 radical (unpaired) electrons. The van der Waals surface area contributed by atoms with Crippen LogP contribution in [0.15, 0.2) is 18.2 Å². The minimum Gasteiger partial charge on any atom is -0.491 e. The summed E-state index contributed by atoms with van der Waals surface area (Å²) in [6.07, 6.45) is 1.93. The van der Waals surface area contributed by atoms with E-state index in [1.54, 1.807) is 25.1 Å². The maximum Gasteiger partial charge on any atom is 0.223 e. The molecule has 0 aromatic heterocycles. The molecule has 4 nitrogen and oxygen atoms in total. The van der Waals surface area contributed by atoms with Crippen molar-refractivity contribution in [3.8, 4) is 5.75 Å². The van der Waals surface area contributed by atoms with E-state index in [2.05, 4.69) is 5.32 Å². The second-order valence-electron chi connectivity index (χ2n) is 4.81. The van der Waals surface area contributed by atoms with Gasteiger partial charge >= 0.3 is 0 Å². The van der Waals surface area contributed by atoms with Crippen molar-refractivity contribution < 1.29 is 14.6 Å². The topological polar surface area (TPSA) is 58.6 Å². The van der Waals surface area contributed by atoms with E-state index >= 15 is 0 Å². The third-order valence-corrected chi connectivity index (χ3v) is 3.26. The summed E-state index contributed by atoms with van der Waals surface area (Å²) in [6.45, 7) is 1.97. The predicted molar refractivity (Wildman–Crippen MR) is 73.4 cm³/mol. The van der Waals surface area contributed by atoms with Crippen molar-refractivity contribution in [3.63, 3.8) is 0 Å². The number of halogens is 1. The molecule has 0 saturated heterocycles. The molecule has 0 spiro atoms. The molecule has 1 amide bonds. The Morgan fingerprint density at radius 1 is 1.58 bits per heavy atom. The molecule has 5 heteroatoms. The molecule has 1 aromatic rings. The van der Waals surface area contributed by atoms with Crippen molar-refractivity contribution in [1.82, 2.24) is 5.32 Å². The molecule has 1 aliphatic rings. The van der Waals surface area contributed by atoms with E-state index in [0.29, 0.717) is 29.8 Å². The van der Waals surface area contributed by atoms with Gasteiger partial charge in [0.15, 0.2) is 0 Å². The fraction of sp³-hybridized carbons (Fsp3) is 0.500. The third kappa shape index (κ3) is 4.40. The highest BCUT2D eigenvalue weighted by Crippen LogP contribution is 2.28. The van der Waals surface area contributed by atoms with Crippen molar-refractivity contribution in [2.75, 3.05) is 6.61 Å². The van der Waals surface area contributed by atoms with Crippen LogP contribution in [-0.2, 0) is 4.79 Å². The lowest BCUT2D eigenvalue weighted by Gasteiger charge is -2.10. The lowest BCUT2D eigenvalue weighted by atomic mass is 10.1. The number of aliphatic hydroxyl groups is 1. The number of benzene rings is 1. The van der Waals surface area contributed by atoms with Gasteiger partial charge in [-0.2, -0.15) is 0 Å². The van der Waals surface area contributed by atoms with E-state index in [-0.39, 0.29) is 5.91 Å². The van der Waals surface area contributed by atoms with E-state index < -0.39 is 6.10 Å². The van der Waals surface area contributed by atoms with Gasteiger partial charge in [0, 0.05) is 6.04 Å². The van der Waals surface area contributed by atoms with Gasteiger partial charge in [0.2, 0.25) is 5.91 Å². The molecule has 2 N–H and O–H groups in total. The molecular weight excluding hydrogens is 266 g/mol. The van der Waals surface area contributed by atoms with Crippen molar-refractivity contribution in [2.24, 2.45) is 0 Å². The van der Waals surface area contributed by atoms with Crippen LogP contribution < -0.4 is 10.1 Å². The molecule has 19 heavy (non-hydrogen) atoms. The number of hydrogen-bond donors (Lipinski definition) is 2. The number of aliphatic hydroxyl groups excluding tert-OH is 1. The average molecular weight is 284 g/mol. The first kappa shape index (κ1) is 14.2. The fourth-order valence-electron chi connectivity index (χ4n) is 1.68. The van der Waals surface area contributed by atoms with Crippen molar-refractivity contribution >= 4 is 17.5 Å². The Kier molecular flexibility index (Phi) is 4.66. The zero-order chi connectivity index (χ0) is 13.8. The summed E-state index contributed by atoms with van der Waals surface area (Å²) in [5, 5.41) is 12.8. The molecule has 1 unspecified atom stereocenters. The molecule has 1 aliphatic carbocycles. The number of ether oxygens (including phenoxy) is 1. The first-order valence-electron chi connectivity index (χ1n) is 6.46. The highest BCUT2D eigenvalue weighted by atomic mass is 35.5. The van der Waals surface area contributed by atoms with Crippen LogP contribution in [0.25, 0.3) is 0 Å². The van der Waals surface area contributed by atoms with Crippen LogP contribution in [0.4, 0.5) is 0 Å². The largest absolute Gasteiger partial charge is 0.491 e. The first-order chi connectivity index (χ1) is 9.06. The zero-order valence-electron chi connectivity index (χ0n) is 10.9. The van der Waals surface area contributed by atoms with Gasteiger partial charge in [-0.1, -0.05) is 17.7 Å². The van der Waals surface area contributed by atoms with Gasteiger partial charge < -0.3 is 15.2 Å². The van der Waals surface area contributed by atoms with E-state index in [4.69, 9.17) is 16.3 Å². The van der Waals surface area contributed by atoms with Crippen LogP contribution in [0.5, 0.6) is 5.75 Å². The molecule has 104 valence electrons. The highest BCUT2D eigenvalue weighted by molar-refractivity contribution is 6.32. The molecule has 2 rings (SSSR count). The van der Waals surface area contributed by atoms with Gasteiger partial charge in [-0.15, -0.1) is 0 Å². The number of carbonyl (C=O) groups excluding carboxylic acids is 1. The highest BCUT2D eigenvalue weighted by Gasteiger charge is 2.22. The summed E-state index contributed by atoms with van der Waals surface area (Å²) < 4.78 is 5.47. The van der Waals surface area contributed by atoms with Gasteiger partial charge in [0.05, 0.1) is 24.2 Å². The average Bonchev–Trinajstić information content (AvgIpc) is 3.14. The molecule has 0 aliphatic heterocycles. The van der Waals surface area contributed by atoms with E-state index in [1.165, 1.54) is 0 Å². The summed E-state index contributed by atoms with van der Waals surface area (Å²) in [6, 6.07) is 5.52. The van der Waals surface area contributed by atoms with Crippen LogP contribution in [0.3, 0.4) is 0 Å². The lowest BCUT2D eigenvalue weighted by molar-refractivity contribution is -0.121. The monoisotopic (exact) mass is 283 g/mol. The lowest BCUT2D eigenvalue weighted by Crippen LogP contribution is -2.26. The Balaban J connectivity index is 1.80. The smallest absolute Gasteiger partial charge is 0.223 e. The number of carbonyl (C=O) groups is 1. The van der Waals surface area contributed by atoms with Crippen molar-refractivity contribution in [1.29, 1.82) is 0 Å². The van der Waals surface area contributed by atoms with Crippen LogP contribution in [-0.4, -0.2) is 23.7 Å². The van der Waals surface area contributed by atoms with Gasteiger partial charge in [0.1, 0.15) is 5.75 Å². The molecule has 1 aromatic carbocycles. The zero-order valence-corrected chi connectivity index (χ0v) is 11.6. The molecule has 0 heterocycles. The summed E-state index contributed by atoms with van der Waals surface area (Å²) >= 11 is 6.05. The maximum atomic E-state index is 11.5. The second kappa shape index (κ2) is 6.26. The van der Waals surface area contributed by atoms with Crippen LogP contribution in [0.2, 0.25) is 5.02 Å². The van der Waals surface area contributed by atoms with Crippen LogP contribution >= 0.6 is 11.6 Å². The number of amides is 1. The van der Waals surface area contributed by atoms with Gasteiger partial charge in [-0.05, 0) is 37.5 Å². The summed E-state index contributed by atoms with van der Waals surface area (Å²) in [4.78, 5) is 11.5. The summed E-state index contributed by atoms with van der Waals surface area (Å²) in [7, 11) is 0. The molecule has 1 saturated carbocycles. The summed E-state index contributed by atoms with van der Waals surface area (Å²) in [5.41, 5.74) is 0.740. The van der Waals surface area contributed by atoms with Crippen molar-refractivity contribution in [3.05, 3.63) is 28.8 Å². The Morgan fingerprint density at radius 3 is 2.89 bits per heavy atom. The van der Waals surface area contributed by atoms with Gasteiger partial charge in [0.25, 0.3) is 0 Å². The second-order valence-corrected chi connectivity index (χ2v) is 5.21. The number of hydrogen-bond acceptors (Lipinski definition) is 3. The number of nitrogens with one attached hydrogen (secondary N) is 1. The Labute approximate surface area is 117 Å². The normalized spacial score (nSPS) is 15.9. The van der Waals surface area contributed by atoms with E-state index in [0.717, 1.165) is 18.4 Å². The summed E-state index contributed by atoms with van der Waals surface area (Å²) in [5.74, 6) is 0.546. The van der Waals surface area contributed by atoms with E-state index in [1.807, 2.05) is 0 Å². The predicted octanol–water partition coefficient (Wildman–Crippen LogP) is 2.44. The van der Waals surface area contributed by atoms with Gasteiger partial charge in [-0.3, -0.25) is 4.79 Å². The molecule has 1 atom stereocenters. The Hall–Kier alpha value is -1.26. The first-order valence-corrected chi connectivity index (χ1v) is 6.83. The van der Waals surface area contributed by atoms with Gasteiger partial charge in [-0.25, -0.2) is 0 Å². The molecule has 0 bridgehead atoms. The minimum absolute atomic E-state index is 0.0132. The minimum atomic E-state index is -0.559. The fourth-order valence-corrected chi connectivity index (χ4v) is 1.92. The molecule has 1 fully saturated rings. The Morgan fingerprint density at radius 2 is 2.32 bits per heavy atom. The van der Waals surface area contributed by atoms with E-state index in [9.17, 15) is 9.90 Å². The maximum absolute atomic E-state index is 11.5. The number of rotatable bonds is 6. The standard InChI is InChI=1S/C14H18ClNO3/c1-9(17)10-2-5-13(12(15)8-10)19-7-6-14(18)16-11-3-4-11/h2,5,8-9,11,17H,3-4,6-7H2,1H3,(H,16,18).